The van der Waals surface area contributed by atoms with E-state index in [4.69, 9.17) is 14.2 Å². The van der Waals surface area contributed by atoms with E-state index in [1.54, 1.807) is 31.4 Å². The van der Waals surface area contributed by atoms with Gasteiger partial charge in [0.05, 0.1) is 18.6 Å². The van der Waals surface area contributed by atoms with Gasteiger partial charge in [0.2, 0.25) is 0 Å². The van der Waals surface area contributed by atoms with Crippen molar-refractivity contribution in [2.75, 3.05) is 7.11 Å². The third-order valence-electron chi connectivity index (χ3n) is 5.28. The fraction of sp³-hybridized carbons (Fsp3) is 0.190. The number of carbonyl (C=O) groups excluding carboxylic acids is 1. The minimum absolute atomic E-state index is 0.0947. The van der Waals surface area contributed by atoms with Gasteiger partial charge in [-0.25, -0.2) is 4.79 Å². The lowest BCUT2D eigenvalue weighted by atomic mass is 9.70. The Morgan fingerprint density at radius 3 is 2.85 bits per heavy atom. The van der Waals surface area contributed by atoms with Gasteiger partial charge < -0.3 is 19.3 Å². The Morgan fingerprint density at radius 1 is 1.15 bits per heavy atom. The zero-order valence-electron chi connectivity index (χ0n) is 14.0. The zero-order valence-corrected chi connectivity index (χ0v) is 14.0. The van der Waals surface area contributed by atoms with Crippen molar-refractivity contribution in [1.29, 1.82) is 0 Å². The van der Waals surface area contributed by atoms with Gasteiger partial charge in [-0.3, -0.25) is 0 Å². The van der Waals surface area contributed by atoms with E-state index in [-0.39, 0.29) is 23.7 Å². The average molecular weight is 348 g/mol. The number of benzene rings is 2. The summed E-state index contributed by atoms with van der Waals surface area (Å²) in [5, 5.41) is 9.92. The molecular formula is C21H16O5. The number of hydrogen-bond acceptors (Lipinski definition) is 5. The molecule has 130 valence electrons. The van der Waals surface area contributed by atoms with Crippen LogP contribution in [-0.2, 0) is 15.1 Å². The fourth-order valence-corrected chi connectivity index (χ4v) is 4.17. The largest absolute Gasteiger partial charge is 0.508 e. The zero-order chi connectivity index (χ0) is 17.9. The number of aromatic hydroxyl groups is 1. The van der Waals surface area contributed by atoms with Crippen LogP contribution < -0.4 is 4.74 Å². The van der Waals surface area contributed by atoms with Crippen LogP contribution in [0.4, 0.5) is 0 Å². The van der Waals surface area contributed by atoms with Crippen molar-refractivity contribution >= 4 is 5.97 Å². The molecule has 5 nitrogen and oxygen atoms in total. The molecule has 2 aromatic carbocycles. The van der Waals surface area contributed by atoms with Gasteiger partial charge in [0.25, 0.3) is 0 Å². The molecule has 3 unspecified atom stereocenters. The first-order chi connectivity index (χ1) is 12.6. The molecule has 1 spiro atoms. The molecule has 2 heterocycles. The molecule has 3 atom stereocenters. The Balaban J connectivity index is 1.80. The minimum atomic E-state index is -0.994. The summed E-state index contributed by atoms with van der Waals surface area (Å²) in [6, 6.07) is 12.3. The molecular weight excluding hydrogens is 332 g/mol. The predicted octanol–water partition coefficient (Wildman–Crippen LogP) is 3.28. The first-order valence-electron chi connectivity index (χ1n) is 8.40. The first kappa shape index (κ1) is 15.1. The maximum Gasteiger partial charge on any atom is 0.339 e. The Morgan fingerprint density at radius 2 is 2.00 bits per heavy atom. The van der Waals surface area contributed by atoms with Crippen LogP contribution >= 0.6 is 0 Å². The highest BCUT2D eigenvalue weighted by Gasteiger charge is 2.58. The Bertz CT molecular complexity index is 990. The molecule has 26 heavy (non-hydrogen) atoms. The highest BCUT2D eigenvalue weighted by molar-refractivity contribution is 5.96. The molecule has 5 heteroatoms. The highest BCUT2D eigenvalue weighted by Crippen LogP contribution is 2.56. The number of carbonyl (C=O) groups is 1. The van der Waals surface area contributed by atoms with Crippen molar-refractivity contribution in [1.82, 2.24) is 0 Å². The molecule has 2 aromatic rings. The predicted molar refractivity (Wildman–Crippen MR) is 92.9 cm³/mol. The van der Waals surface area contributed by atoms with E-state index in [9.17, 15) is 9.90 Å². The minimum Gasteiger partial charge on any atom is -0.508 e. The third-order valence-corrected chi connectivity index (χ3v) is 5.28. The molecule has 3 aliphatic rings. The number of hydrogen-bond donors (Lipinski definition) is 1. The van der Waals surface area contributed by atoms with E-state index in [0.717, 1.165) is 11.1 Å². The van der Waals surface area contributed by atoms with Gasteiger partial charge in [0.1, 0.15) is 23.4 Å². The van der Waals surface area contributed by atoms with Crippen LogP contribution in [0.1, 0.15) is 21.5 Å². The average Bonchev–Trinajstić information content (AvgIpc) is 2.95. The molecule has 0 amide bonds. The summed E-state index contributed by atoms with van der Waals surface area (Å²) in [6.45, 7) is 0. The van der Waals surface area contributed by atoms with Crippen LogP contribution in [0.25, 0.3) is 0 Å². The molecule has 5 rings (SSSR count). The third kappa shape index (κ3) is 1.83. The number of fused-ring (bicyclic) bond motifs is 6. The van der Waals surface area contributed by atoms with Crippen LogP contribution in [-0.4, -0.2) is 24.3 Å². The van der Waals surface area contributed by atoms with Gasteiger partial charge in [-0.15, -0.1) is 0 Å². The second-order valence-electron chi connectivity index (χ2n) is 6.59. The molecule has 0 saturated heterocycles. The van der Waals surface area contributed by atoms with E-state index < -0.39 is 5.60 Å². The molecule has 0 saturated carbocycles. The van der Waals surface area contributed by atoms with Crippen molar-refractivity contribution in [3.8, 4) is 11.5 Å². The van der Waals surface area contributed by atoms with Crippen LogP contribution in [0.2, 0.25) is 0 Å². The number of ether oxygens (including phenoxy) is 3. The maximum atomic E-state index is 12.6. The van der Waals surface area contributed by atoms with E-state index in [1.165, 1.54) is 0 Å². The van der Waals surface area contributed by atoms with Crippen molar-refractivity contribution in [2.24, 2.45) is 5.92 Å². The SMILES string of the molecule is COC1=CC2Oc3cc(O)ccc3C3(OC(=O)c4ccccc43)C2C=C1. The fourth-order valence-electron chi connectivity index (χ4n) is 4.17. The van der Waals surface area contributed by atoms with Crippen molar-refractivity contribution in [3.63, 3.8) is 0 Å². The Labute approximate surface area is 150 Å². The van der Waals surface area contributed by atoms with E-state index in [0.29, 0.717) is 17.1 Å². The lowest BCUT2D eigenvalue weighted by molar-refractivity contribution is -0.0425. The Hall–Kier alpha value is -3.21. The standard InChI is InChI=1S/C21H16O5/c1-24-13-7-9-17-19(11-13)25-18-10-12(22)6-8-16(18)21(17)15-5-3-2-4-14(15)20(23)26-21/h2-11,17,19,22H,1H3. The van der Waals surface area contributed by atoms with Crippen molar-refractivity contribution in [3.05, 3.63) is 83.1 Å². The number of esters is 1. The van der Waals surface area contributed by atoms with Gasteiger partial charge in [-0.2, -0.15) is 0 Å². The second kappa shape index (κ2) is 5.14. The summed E-state index contributed by atoms with van der Waals surface area (Å²) in [5.41, 5.74) is 1.11. The van der Waals surface area contributed by atoms with E-state index in [1.807, 2.05) is 36.4 Å². The van der Waals surface area contributed by atoms with Gasteiger partial charge in [-0.1, -0.05) is 24.3 Å². The van der Waals surface area contributed by atoms with Gasteiger partial charge >= 0.3 is 5.97 Å². The normalized spacial score (nSPS) is 27.7. The summed E-state index contributed by atoms with van der Waals surface area (Å²) in [4.78, 5) is 12.6. The molecule has 1 aliphatic carbocycles. The quantitative estimate of drug-likeness (QED) is 0.801. The highest BCUT2D eigenvalue weighted by atomic mass is 16.6. The smallest absolute Gasteiger partial charge is 0.339 e. The second-order valence-corrected chi connectivity index (χ2v) is 6.59. The van der Waals surface area contributed by atoms with Crippen LogP contribution in [0.3, 0.4) is 0 Å². The molecule has 0 aromatic heterocycles. The number of phenolic OH excluding ortho intramolecular Hbond substituents is 1. The molecule has 0 fully saturated rings. The van der Waals surface area contributed by atoms with Gasteiger partial charge in [0.15, 0.2) is 5.60 Å². The number of allylic oxidation sites excluding steroid dienone is 1. The lowest BCUT2D eigenvalue weighted by Gasteiger charge is -2.45. The lowest BCUT2D eigenvalue weighted by Crippen LogP contribution is -2.48. The molecule has 0 radical (unpaired) electrons. The van der Waals surface area contributed by atoms with Gasteiger partial charge in [-0.05, 0) is 30.4 Å². The van der Waals surface area contributed by atoms with Crippen LogP contribution in [0.15, 0.2) is 66.5 Å². The molecule has 0 bridgehead atoms. The summed E-state index contributed by atoms with van der Waals surface area (Å²) in [7, 11) is 1.60. The van der Waals surface area contributed by atoms with Crippen molar-refractivity contribution < 1.29 is 24.1 Å². The monoisotopic (exact) mass is 348 g/mol. The van der Waals surface area contributed by atoms with E-state index >= 15 is 0 Å². The number of rotatable bonds is 1. The topological polar surface area (TPSA) is 65.0 Å². The summed E-state index contributed by atoms with van der Waals surface area (Å²) in [6.07, 6.45) is 5.32. The van der Waals surface area contributed by atoms with E-state index in [2.05, 4.69) is 0 Å². The van der Waals surface area contributed by atoms with Crippen LogP contribution in [0, 0.1) is 5.92 Å². The van der Waals surface area contributed by atoms with Gasteiger partial charge in [0, 0.05) is 17.2 Å². The summed E-state index contributed by atoms with van der Waals surface area (Å²) < 4.78 is 17.5. The maximum absolute atomic E-state index is 12.6. The van der Waals surface area contributed by atoms with Crippen LogP contribution in [0.5, 0.6) is 11.5 Å². The molecule has 1 N–H and O–H groups in total. The Kier molecular flexibility index (Phi) is 2.98. The first-order valence-corrected chi connectivity index (χ1v) is 8.40. The van der Waals surface area contributed by atoms with Crippen molar-refractivity contribution in [2.45, 2.75) is 11.7 Å². The summed E-state index contributed by atoms with van der Waals surface area (Å²) in [5.74, 6) is 0.679. The molecule has 2 aliphatic heterocycles. The summed E-state index contributed by atoms with van der Waals surface area (Å²) >= 11 is 0. The number of methoxy groups -OCH3 is 1. The number of phenols is 1.